The maximum absolute atomic E-state index is 6.06. The first-order valence-electron chi connectivity index (χ1n) is 6.52. The summed E-state index contributed by atoms with van der Waals surface area (Å²) in [4.78, 5) is 1.20. The maximum Gasteiger partial charge on any atom is 0.126 e. The molecule has 1 N–H and O–H groups in total. The van der Waals surface area contributed by atoms with E-state index in [1.54, 1.807) is 17.6 Å². The van der Waals surface area contributed by atoms with Crippen LogP contribution < -0.4 is 5.32 Å². The molecule has 2 aromatic rings. The Kier molecular flexibility index (Phi) is 4.06. The Morgan fingerprint density at radius 3 is 2.89 bits per heavy atom. The molecule has 0 fully saturated rings. The lowest BCUT2D eigenvalue weighted by Crippen LogP contribution is -2.33. The normalized spacial score (nSPS) is 20.6. The van der Waals surface area contributed by atoms with E-state index in [0.717, 1.165) is 22.9 Å². The molecular formula is C15H16ClNOS. The summed E-state index contributed by atoms with van der Waals surface area (Å²) in [6.07, 6.45) is 9.63. The highest BCUT2D eigenvalue weighted by Crippen LogP contribution is 2.32. The Balaban J connectivity index is 1.82. The Hall–Kier alpha value is -1.03. The van der Waals surface area contributed by atoms with E-state index in [1.165, 1.54) is 11.3 Å². The predicted octanol–water partition coefficient (Wildman–Crippen LogP) is 4.78. The molecule has 100 valence electrons. The van der Waals surface area contributed by atoms with Gasteiger partial charge in [0, 0.05) is 10.9 Å². The zero-order chi connectivity index (χ0) is 13.1. The quantitative estimate of drug-likeness (QED) is 0.821. The van der Waals surface area contributed by atoms with Crippen LogP contribution in [0.3, 0.4) is 0 Å². The lowest BCUT2D eigenvalue weighted by molar-refractivity contribution is 0.390. The number of rotatable bonds is 4. The van der Waals surface area contributed by atoms with Crippen molar-refractivity contribution in [1.29, 1.82) is 0 Å². The summed E-state index contributed by atoms with van der Waals surface area (Å²) in [7, 11) is 0. The number of allylic oxidation sites excluding steroid dienone is 1. The monoisotopic (exact) mass is 293 g/mol. The Morgan fingerprint density at radius 1 is 1.32 bits per heavy atom. The van der Waals surface area contributed by atoms with Gasteiger partial charge in [0.2, 0.25) is 0 Å². The van der Waals surface area contributed by atoms with Crippen LogP contribution >= 0.6 is 22.9 Å². The van der Waals surface area contributed by atoms with E-state index in [-0.39, 0.29) is 6.04 Å². The first-order chi connectivity index (χ1) is 9.33. The molecule has 0 aliphatic heterocycles. The van der Waals surface area contributed by atoms with Gasteiger partial charge in [-0.2, -0.15) is 0 Å². The van der Waals surface area contributed by atoms with Crippen LogP contribution in [0.25, 0.3) is 0 Å². The van der Waals surface area contributed by atoms with Gasteiger partial charge < -0.3 is 4.42 Å². The molecule has 2 unspecified atom stereocenters. The Morgan fingerprint density at radius 2 is 2.26 bits per heavy atom. The molecule has 0 amide bonds. The van der Waals surface area contributed by atoms with Crippen LogP contribution in [0.15, 0.2) is 47.1 Å². The second-order valence-electron chi connectivity index (χ2n) is 4.74. The molecule has 1 aliphatic carbocycles. The van der Waals surface area contributed by atoms with Crippen molar-refractivity contribution in [3.63, 3.8) is 0 Å². The van der Waals surface area contributed by atoms with Crippen molar-refractivity contribution in [2.24, 2.45) is 0 Å². The summed E-state index contributed by atoms with van der Waals surface area (Å²) in [6.45, 7) is 0. The van der Waals surface area contributed by atoms with Gasteiger partial charge in [-0.1, -0.05) is 23.8 Å². The van der Waals surface area contributed by atoms with Crippen molar-refractivity contribution >= 4 is 22.9 Å². The van der Waals surface area contributed by atoms with Gasteiger partial charge in [-0.15, -0.1) is 11.3 Å². The molecular weight excluding hydrogens is 278 g/mol. The number of hydrogen-bond donors (Lipinski definition) is 1. The minimum absolute atomic E-state index is 0.101. The van der Waals surface area contributed by atoms with Crippen molar-refractivity contribution in [2.75, 3.05) is 0 Å². The largest absolute Gasteiger partial charge is 0.467 e. The van der Waals surface area contributed by atoms with Crippen LogP contribution in [0.5, 0.6) is 0 Å². The van der Waals surface area contributed by atoms with Crippen molar-refractivity contribution in [1.82, 2.24) is 5.32 Å². The van der Waals surface area contributed by atoms with Crippen molar-refractivity contribution < 1.29 is 4.42 Å². The first-order valence-corrected chi connectivity index (χ1v) is 7.72. The number of nitrogens with one attached hydrogen (secondary N) is 1. The van der Waals surface area contributed by atoms with Crippen LogP contribution in [0.2, 0.25) is 4.34 Å². The van der Waals surface area contributed by atoms with Crippen LogP contribution in [0, 0.1) is 0 Å². The third-order valence-electron chi connectivity index (χ3n) is 3.38. The Bertz CT molecular complexity index is 546. The summed E-state index contributed by atoms with van der Waals surface area (Å²) < 4.78 is 6.40. The van der Waals surface area contributed by atoms with Gasteiger partial charge in [0.05, 0.1) is 10.6 Å². The highest BCUT2D eigenvalue weighted by atomic mass is 35.5. The SMILES string of the molecule is Clc1ccc(C(NC2CC=CCC2)c2ccco2)s1. The van der Waals surface area contributed by atoms with E-state index >= 15 is 0 Å². The molecule has 0 radical (unpaired) electrons. The average Bonchev–Trinajstić information content (AvgIpc) is 3.09. The lowest BCUT2D eigenvalue weighted by atomic mass is 10.0. The third kappa shape index (κ3) is 3.11. The Labute approximate surface area is 122 Å². The van der Waals surface area contributed by atoms with Crippen LogP contribution in [0.1, 0.15) is 35.9 Å². The van der Waals surface area contributed by atoms with E-state index in [0.29, 0.717) is 6.04 Å². The third-order valence-corrected chi connectivity index (χ3v) is 4.67. The van der Waals surface area contributed by atoms with Gasteiger partial charge in [-0.25, -0.2) is 0 Å². The van der Waals surface area contributed by atoms with E-state index in [9.17, 15) is 0 Å². The smallest absolute Gasteiger partial charge is 0.126 e. The average molecular weight is 294 g/mol. The fraction of sp³-hybridized carbons (Fsp3) is 0.333. The summed E-state index contributed by atoms with van der Waals surface area (Å²) in [5.74, 6) is 0.952. The molecule has 2 nitrogen and oxygen atoms in total. The van der Waals surface area contributed by atoms with Gasteiger partial charge in [0.15, 0.2) is 0 Å². The first kappa shape index (κ1) is 13.0. The van der Waals surface area contributed by atoms with Gasteiger partial charge >= 0.3 is 0 Å². The lowest BCUT2D eigenvalue weighted by Gasteiger charge is -2.24. The highest BCUT2D eigenvalue weighted by molar-refractivity contribution is 7.16. The molecule has 0 aromatic carbocycles. The number of hydrogen-bond acceptors (Lipinski definition) is 3. The van der Waals surface area contributed by atoms with Crippen LogP contribution in [-0.4, -0.2) is 6.04 Å². The van der Waals surface area contributed by atoms with E-state index < -0.39 is 0 Å². The van der Waals surface area contributed by atoms with Gasteiger partial charge in [0.25, 0.3) is 0 Å². The zero-order valence-electron chi connectivity index (χ0n) is 10.5. The fourth-order valence-electron chi connectivity index (χ4n) is 2.42. The minimum Gasteiger partial charge on any atom is -0.467 e. The summed E-state index contributed by atoms with van der Waals surface area (Å²) in [6, 6.07) is 8.57. The predicted molar refractivity (Wildman–Crippen MR) is 79.8 cm³/mol. The standard InChI is InChI=1S/C15H16ClNOS/c16-14-9-8-13(19-14)15(12-7-4-10-18-12)17-11-5-2-1-3-6-11/h1-2,4,7-11,15,17H,3,5-6H2. The topological polar surface area (TPSA) is 25.2 Å². The second kappa shape index (κ2) is 5.95. The molecule has 3 rings (SSSR count). The minimum atomic E-state index is 0.101. The molecule has 0 saturated heterocycles. The van der Waals surface area contributed by atoms with Crippen molar-refractivity contribution in [2.45, 2.75) is 31.3 Å². The highest BCUT2D eigenvalue weighted by Gasteiger charge is 2.22. The van der Waals surface area contributed by atoms with E-state index in [1.807, 2.05) is 18.2 Å². The molecule has 0 spiro atoms. The summed E-state index contributed by atoms with van der Waals surface area (Å²) in [5.41, 5.74) is 0. The number of halogens is 1. The van der Waals surface area contributed by atoms with Crippen molar-refractivity contribution in [3.8, 4) is 0 Å². The molecule has 0 saturated carbocycles. The number of furan rings is 1. The molecule has 1 aliphatic rings. The molecule has 2 atom stereocenters. The molecule has 2 aromatic heterocycles. The van der Waals surface area contributed by atoms with E-state index in [2.05, 4.69) is 23.5 Å². The number of thiophene rings is 1. The molecule has 2 heterocycles. The molecule has 19 heavy (non-hydrogen) atoms. The summed E-state index contributed by atoms with van der Waals surface area (Å²) in [5, 5.41) is 3.69. The van der Waals surface area contributed by atoms with Gasteiger partial charge in [-0.3, -0.25) is 5.32 Å². The molecule has 4 heteroatoms. The molecule has 0 bridgehead atoms. The van der Waals surface area contributed by atoms with Gasteiger partial charge in [0.1, 0.15) is 11.8 Å². The van der Waals surface area contributed by atoms with E-state index in [4.69, 9.17) is 16.0 Å². The second-order valence-corrected chi connectivity index (χ2v) is 6.49. The maximum atomic E-state index is 6.06. The fourth-order valence-corrected chi connectivity index (χ4v) is 3.55. The van der Waals surface area contributed by atoms with Gasteiger partial charge in [-0.05, 0) is 43.5 Å². The zero-order valence-corrected chi connectivity index (χ0v) is 12.1. The van der Waals surface area contributed by atoms with Crippen LogP contribution in [0.4, 0.5) is 0 Å². The summed E-state index contributed by atoms with van der Waals surface area (Å²) >= 11 is 7.67. The van der Waals surface area contributed by atoms with Crippen molar-refractivity contribution in [3.05, 3.63) is 57.7 Å². The van der Waals surface area contributed by atoms with Crippen LogP contribution in [-0.2, 0) is 0 Å².